The van der Waals surface area contributed by atoms with E-state index in [1.54, 1.807) is 29.9 Å². The number of likely N-dealkylation sites (tertiary alicyclic amines) is 1. The van der Waals surface area contributed by atoms with Crippen LogP contribution in [0.2, 0.25) is 10.0 Å². The lowest BCUT2D eigenvalue weighted by atomic mass is 10.0. The van der Waals surface area contributed by atoms with Gasteiger partial charge in [0.05, 0.1) is 29.8 Å². The Bertz CT molecular complexity index is 1240. The highest BCUT2D eigenvalue weighted by atomic mass is 35.5. The molecule has 1 aromatic carbocycles. The molecule has 3 N–H and O–H groups in total. The van der Waals surface area contributed by atoms with Crippen molar-refractivity contribution in [1.82, 2.24) is 19.4 Å². The smallest absolute Gasteiger partial charge is 0.260 e. The summed E-state index contributed by atoms with van der Waals surface area (Å²) in [6, 6.07) is 3.44. The maximum absolute atomic E-state index is 13.9. The molecule has 0 spiro atoms. The van der Waals surface area contributed by atoms with Crippen LogP contribution in [-0.2, 0) is 6.54 Å². The normalized spacial score (nSPS) is 16.6. The van der Waals surface area contributed by atoms with Gasteiger partial charge in [-0.3, -0.25) is 9.36 Å². The van der Waals surface area contributed by atoms with E-state index in [2.05, 4.69) is 20.2 Å². The second-order valence-corrected chi connectivity index (χ2v) is 8.98. The first-order valence-electron chi connectivity index (χ1n) is 11.0. The summed E-state index contributed by atoms with van der Waals surface area (Å²) >= 11 is 13.3. The molecular formula is C23H28Cl2N6O3. The number of hydrogen-bond acceptors (Lipinski definition) is 8. The van der Waals surface area contributed by atoms with Crippen LogP contribution >= 0.6 is 23.2 Å². The third-order valence-electron chi connectivity index (χ3n) is 6.08. The molecule has 1 saturated heterocycles. The predicted molar refractivity (Wildman–Crippen MR) is 136 cm³/mol. The molecule has 182 valence electrons. The zero-order valence-corrected chi connectivity index (χ0v) is 20.9. The van der Waals surface area contributed by atoms with Crippen molar-refractivity contribution in [1.29, 1.82) is 0 Å². The molecule has 0 amide bonds. The number of nitrogens with one attached hydrogen (secondary N) is 1. The number of fused-ring (bicyclic) bond motifs is 1. The highest BCUT2D eigenvalue weighted by Crippen LogP contribution is 2.45. The fourth-order valence-electron chi connectivity index (χ4n) is 4.32. The molecular weight excluding hydrogens is 479 g/mol. The number of halogens is 2. The summed E-state index contributed by atoms with van der Waals surface area (Å²) in [5.41, 5.74) is 7.06. The van der Waals surface area contributed by atoms with Crippen LogP contribution in [0.15, 0.2) is 23.1 Å². The van der Waals surface area contributed by atoms with E-state index in [0.717, 1.165) is 25.9 Å². The van der Waals surface area contributed by atoms with Gasteiger partial charge in [0.1, 0.15) is 17.1 Å². The number of benzene rings is 1. The maximum atomic E-state index is 13.9. The third kappa shape index (κ3) is 4.65. The number of pyridine rings is 1. The Kier molecular flexibility index (Phi) is 7.47. The molecule has 34 heavy (non-hydrogen) atoms. The van der Waals surface area contributed by atoms with E-state index >= 15 is 0 Å². The van der Waals surface area contributed by atoms with Crippen molar-refractivity contribution in [2.45, 2.75) is 25.4 Å². The van der Waals surface area contributed by atoms with Gasteiger partial charge in [-0.05, 0) is 25.5 Å². The van der Waals surface area contributed by atoms with Gasteiger partial charge in [-0.2, -0.15) is 4.98 Å². The second kappa shape index (κ2) is 10.4. The Morgan fingerprint density at radius 3 is 2.50 bits per heavy atom. The highest BCUT2D eigenvalue weighted by Gasteiger charge is 2.24. The van der Waals surface area contributed by atoms with Gasteiger partial charge in [-0.25, -0.2) is 4.98 Å². The van der Waals surface area contributed by atoms with Gasteiger partial charge < -0.3 is 25.4 Å². The van der Waals surface area contributed by atoms with E-state index in [4.69, 9.17) is 38.4 Å². The van der Waals surface area contributed by atoms with Crippen LogP contribution in [0.3, 0.4) is 0 Å². The number of ether oxygens (including phenoxy) is 2. The molecule has 9 nitrogen and oxygen atoms in total. The summed E-state index contributed by atoms with van der Waals surface area (Å²) < 4.78 is 12.4. The average molecular weight is 507 g/mol. The summed E-state index contributed by atoms with van der Waals surface area (Å²) in [4.78, 5) is 25.0. The number of rotatable bonds is 7. The molecule has 0 aliphatic carbocycles. The fraction of sp³-hybridized carbons (Fsp3) is 0.435. The Hall–Kier alpha value is -2.59. The van der Waals surface area contributed by atoms with Crippen LogP contribution in [0.1, 0.15) is 12.8 Å². The minimum absolute atomic E-state index is 0.147. The number of methoxy groups -OCH3 is 2. The van der Waals surface area contributed by atoms with Crippen molar-refractivity contribution in [3.05, 3.63) is 38.7 Å². The molecule has 2 aromatic heterocycles. The number of piperidine rings is 1. The minimum atomic E-state index is -0.270. The van der Waals surface area contributed by atoms with Gasteiger partial charge in [0.15, 0.2) is 0 Å². The summed E-state index contributed by atoms with van der Waals surface area (Å²) in [6.07, 6.45) is 3.73. The van der Waals surface area contributed by atoms with Crippen LogP contribution in [0.5, 0.6) is 11.5 Å². The van der Waals surface area contributed by atoms with Crippen LogP contribution in [0.25, 0.3) is 22.2 Å². The van der Waals surface area contributed by atoms with Crippen LogP contribution in [0.4, 0.5) is 5.95 Å². The summed E-state index contributed by atoms with van der Waals surface area (Å²) in [5, 5.41) is 4.07. The predicted octanol–water partition coefficient (Wildman–Crippen LogP) is 3.25. The van der Waals surface area contributed by atoms with Crippen LogP contribution < -0.4 is 26.1 Å². The monoisotopic (exact) mass is 506 g/mol. The quantitative estimate of drug-likeness (QED) is 0.502. The molecule has 1 fully saturated rings. The standard InChI is InChI=1S/C23H28Cl2N6O3/c1-27-23-28-11-13-9-15(18-19(24)16(33-2)10-17(34-3)20(18)25)22(32)31(21(13)29-23)8-7-30-6-4-5-14(26)12-30/h9-11,14H,4-8,12,26H2,1-3H3,(H,27,28,29). The zero-order valence-electron chi connectivity index (χ0n) is 19.4. The molecule has 1 atom stereocenters. The van der Waals surface area contributed by atoms with Gasteiger partial charge in [-0.15, -0.1) is 0 Å². The number of anilines is 1. The summed E-state index contributed by atoms with van der Waals surface area (Å²) in [6.45, 7) is 2.83. The van der Waals surface area contributed by atoms with Crippen LogP contribution in [0, 0.1) is 0 Å². The summed E-state index contributed by atoms with van der Waals surface area (Å²) in [7, 11) is 4.72. The van der Waals surface area contributed by atoms with Gasteiger partial charge in [0, 0.05) is 55.9 Å². The van der Waals surface area contributed by atoms with Crippen molar-refractivity contribution in [3.63, 3.8) is 0 Å². The first-order valence-corrected chi connectivity index (χ1v) is 11.8. The van der Waals surface area contributed by atoms with Gasteiger partial charge in [0.2, 0.25) is 5.95 Å². The summed E-state index contributed by atoms with van der Waals surface area (Å²) in [5.74, 6) is 1.13. The van der Waals surface area contributed by atoms with Gasteiger partial charge >= 0.3 is 0 Å². The molecule has 11 heteroatoms. The Morgan fingerprint density at radius 2 is 1.88 bits per heavy atom. The van der Waals surface area contributed by atoms with E-state index in [-0.39, 0.29) is 21.6 Å². The van der Waals surface area contributed by atoms with Crippen LogP contribution in [-0.4, -0.2) is 66.4 Å². The zero-order chi connectivity index (χ0) is 24.4. The van der Waals surface area contributed by atoms with Gasteiger partial charge in [-0.1, -0.05) is 23.2 Å². The third-order valence-corrected chi connectivity index (χ3v) is 6.83. The number of nitrogens with two attached hydrogens (primary N) is 1. The van der Waals surface area contributed by atoms with Crippen molar-refractivity contribution in [2.75, 3.05) is 46.2 Å². The Morgan fingerprint density at radius 1 is 1.18 bits per heavy atom. The van der Waals surface area contributed by atoms with E-state index in [1.807, 2.05) is 0 Å². The largest absolute Gasteiger partial charge is 0.495 e. The average Bonchev–Trinajstić information content (AvgIpc) is 2.84. The molecule has 1 unspecified atom stereocenters. The first kappa shape index (κ1) is 24.5. The van der Waals surface area contributed by atoms with Crippen molar-refractivity contribution in [3.8, 4) is 22.6 Å². The Balaban J connectivity index is 1.90. The molecule has 1 aliphatic rings. The van der Waals surface area contributed by atoms with Crippen molar-refractivity contribution >= 4 is 40.2 Å². The molecule has 3 aromatic rings. The Labute approximate surface area is 207 Å². The molecule has 0 saturated carbocycles. The fourth-order valence-corrected chi connectivity index (χ4v) is 5.03. The molecule has 3 heterocycles. The van der Waals surface area contributed by atoms with Gasteiger partial charge in [0.25, 0.3) is 5.56 Å². The van der Waals surface area contributed by atoms with Crippen molar-refractivity contribution in [2.24, 2.45) is 5.73 Å². The second-order valence-electron chi connectivity index (χ2n) is 8.22. The SMILES string of the molecule is CNc1ncc2cc(-c3c(Cl)c(OC)cc(OC)c3Cl)c(=O)n(CCN3CCCC(N)C3)c2n1. The lowest BCUT2D eigenvalue weighted by Crippen LogP contribution is -2.44. The first-order chi connectivity index (χ1) is 16.4. The highest BCUT2D eigenvalue weighted by molar-refractivity contribution is 6.41. The molecule has 1 aliphatic heterocycles. The van der Waals surface area contributed by atoms with E-state index in [1.165, 1.54) is 14.2 Å². The van der Waals surface area contributed by atoms with E-state index in [9.17, 15) is 4.79 Å². The topological polar surface area (TPSA) is 108 Å². The number of nitrogens with zero attached hydrogens (tertiary/aromatic N) is 4. The van der Waals surface area contributed by atoms with E-state index < -0.39 is 0 Å². The molecule has 0 bridgehead atoms. The number of hydrogen-bond donors (Lipinski definition) is 2. The van der Waals surface area contributed by atoms with E-state index in [0.29, 0.717) is 52.7 Å². The molecule has 0 radical (unpaired) electrons. The molecule has 4 rings (SSSR count). The van der Waals surface area contributed by atoms with Crippen molar-refractivity contribution < 1.29 is 9.47 Å². The number of aromatic nitrogens is 3. The lowest BCUT2D eigenvalue weighted by molar-refractivity contribution is 0.202. The maximum Gasteiger partial charge on any atom is 0.260 e. The lowest BCUT2D eigenvalue weighted by Gasteiger charge is -2.30. The minimum Gasteiger partial charge on any atom is -0.495 e.